The molecule has 1 unspecified atom stereocenters. The van der Waals surface area contributed by atoms with Crippen molar-refractivity contribution < 1.29 is 9.53 Å². The first-order chi connectivity index (χ1) is 14.2. The number of amides is 1. The Bertz CT molecular complexity index is 1140. The molecule has 0 aliphatic carbocycles. The normalized spacial score (nSPS) is 16.7. The minimum Gasteiger partial charge on any atom is -0.497 e. The summed E-state index contributed by atoms with van der Waals surface area (Å²) in [6.45, 7) is 0. The Morgan fingerprint density at radius 2 is 1.97 bits per heavy atom. The van der Waals surface area contributed by atoms with Gasteiger partial charge in [-0.05, 0) is 41.6 Å². The van der Waals surface area contributed by atoms with Gasteiger partial charge in [-0.1, -0.05) is 24.3 Å². The van der Waals surface area contributed by atoms with Crippen LogP contribution in [0.5, 0.6) is 5.75 Å². The van der Waals surface area contributed by atoms with Crippen LogP contribution < -0.4 is 9.64 Å². The zero-order chi connectivity index (χ0) is 19.8. The summed E-state index contributed by atoms with van der Waals surface area (Å²) in [5.41, 5.74) is 2.07. The molecule has 1 atom stereocenters. The Morgan fingerprint density at radius 1 is 1.14 bits per heavy atom. The van der Waals surface area contributed by atoms with Gasteiger partial charge >= 0.3 is 0 Å². The van der Waals surface area contributed by atoms with E-state index in [2.05, 4.69) is 11.1 Å². The Hall–Kier alpha value is -2.07. The maximum Gasteiger partial charge on any atom is 0.240 e. The summed E-state index contributed by atoms with van der Waals surface area (Å²) in [6, 6.07) is 16.0. The second-order valence-corrected chi connectivity index (χ2v) is 10.4. The lowest BCUT2D eigenvalue weighted by Crippen LogP contribution is -2.27. The Labute approximate surface area is 184 Å². The summed E-state index contributed by atoms with van der Waals surface area (Å²) < 4.78 is 7.36. The second kappa shape index (κ2) is 7.98. The van der Waals surface area contributed by atoms with Gasteiger partial charge in [0.2, 0.25) is 5.91 Å². The Balaban J connectivity index is 1.39. The van der Waals surface area contributed by atoms with Crippen LogP contribution in [0.15, 0.2) is 63.3 Å². The van der Waals surface area contributed by atoms with Gasteiger partial charge < -0.3 is 4.74 Å². The topological polar surface area (TPSA) is 55.3 Å². The number of anilines is 1. The minimum absolute atomic E-state index is 0.0696. The Morgan fingerprint density at radius 3 is 2.76 bits per heavy atom. The van der Waals surface area contributed by atoms with Gasteiger partial charge in [0.15, 0.2) is 9.47 Å². The van der Waals surface area contributed by atoms with E-state index in [4.69, 9.17) is 9.72 Å². The summed E-state index contributed by atoms with van der Waals surface area (Å²) in [6.07, 6.45) is 0. The van der Waals surface area contributed by atoms with Gasteiger partial charge in [0.25, 0.3) is 0 Å². The van der Waals surface area contributed by atoms with Crippen molar-refractivity contribution in [1.82, 2.24) is 9.97 Å². The summed E-state index contributed by atoms with van der Waals surface area (Å²) in [5, 5.41) is 3.51. The molecular weight excluding hydrogens is 443 g/mol. The quantitative estimate of drug-likeness (QED) is 0.384. The van der Waals surface area contributed by atoms with Gasteiger partial charge in [0, 0.05) is 5.38 Å². The van der Waals surface area contributed by atoms with Crippen molar-refractivity contribution in [2.75, 3.05) is 17.8 Å². The maximum atomic E-state index is 12.6. The first-order valence-corrected chi connectivity index (χ1v) is 12.3. The lowest BCUT2D eigenvalue weighted by Gasteiger charge is -2.21. The molecule has 3 heterocycles. The van der Waals surface area contributed by atoms with Crippen LogP contribution in [-0.4, -0.2) is 28.7 Å². The highest BCUT2D eigenvalue weighted by molar-refractivity contribution is 8.01. The fourth-order valence-electron chi connectivity index (χ4n) is 3.04. The van der Waals surface area contributed by atoms with E-state index in [-0.39, 0.29) is 11.3 Å². The molecule has 0 saturated carbocycles. The van der Waals surface area contributed by atoms with E-state index in [1.54, 1.807) is 46.9 Å². The standard InChI is InChI=1S/C20H15N3O2S4/c1-25-13-8-6-12(7-9-13)18-23(17(24)11-26-18)19-22-16(10-27-19)29-20-21-14-4-2-3-5-15(14)28-20/h2-10,18H,11H2,1H3. The highest BCUT2D eigenvalue weighted by Crippen LogP contribution is 2.44. The summed E-state index contributed by atoms with van der Waals surface area (Å²) >= 11 is 6.31. The van der Waals surface area contributed by atoms with Gasteiger partial charge in [-0.15, -0.1) is 34.4 Å². The molecule has 1 amide bonds. The molecule has 0 bridgehead atoms. The highest BCUT2D eigenvalue weighted by Gasteiger charge is 2.36. The minimum atomic E-state index is -0.0696. The molecule has 5 nitrogen and oxygen atoms in total. The number of hydrogen-bond donors (Lipinski definition) is 0. The van der Waals surface area contributed by atoms with Crippen molar-refractivity contribution in [2.24, 2.45) is 0 Å². The van der Waals surface area contributed by atoms with Crippen molar-refractivity contribution in [3.63, 3.8) is 0 Å². The molecule has 29 heavy (non-hydrogen) atoms. The molecule has 0 spiro atoms. The number of aromatic nitrogens is 2. The SMILES string of the molecule is COc1ccc(C2SCC(=O)N2c2nc(Sc3nc4ccccc4s3)cs2)cc1. The number of para-hydroxylation sites is 1. The fraction of sp³-hybridized carbons (Fsp3) is 0.150. The third kappa shape index (κ3) is 3.75. The lowest BCUT2D eigenvalue weighted by molar-refractivity contribution is -0.115. The van der Waals surface area contributed by atoms with Crippen molar-refractivity contribution in [2.45, 2.75) is 14.7 Å². The largest absolute Gasteiger partial charge is 0.497 e. The van der Waals surface area contributed by atoms with Crippen LogP contribution in [0.3, 0.4) is 0 Å². The van der Waals surface area contributed by atoms with Crippen LogP contribution in [0.4, 0.5) is 5.13 Å². The monoisotopic (exact) mass is 457 g/mol. The first-order valence-electron chi connectivity index (χ1n) is 8.78. The van der Waals surface area contributed by atoms with Gasteiger partial charge in [0.05, 0.1) is 23.1 Å². The number of thioether (sulfide) groups is 1. The molecule has 1 fully saturated rings. The molecule has 146 valence electrons. The number of carbonyl (C=O) groups excluding carboxylic acids is 1. The molecule has 1 saturated heterocycles. The van der Waals surface area contributed by atoms with Crippen molar-refractivity contribution in [3.8, 4) is 5.75 Å². The Kier molecular flexibility index (Phi) is 5.21. The van der Waals surface area contributed by atoms with Crippen LogP contribution >= 0.6 is 46.2 Å². The third-order valence-electron chi connectivity index (χ3n) is 4.41. The number of methoxy groups -OCH3 is 1. The van der Waals surface area contributed by atoms with E-state index < -0.39 is 0 Å². The highest BCUT2D eigenvalue weighted by atomic mass is 32.2. The van der Waals surface area contributed by atoms with Crippen LogP contribution in [0.1, 0.15) is 10.9 Å². The molecule has 0 radical (unpaired) electrons. The van der Waals surface area contributed by atoms with Gasteiger partial charge in [0.1, 0.15) is 16.1 Å². The predicted octanol–water partition coefficient (Wildman–Crippen LogP) is 5.69. The van der Waals surface area contributed by atoms with E-state index >= 15 is 0 Å². The molecule has 2 aromatic carbocycles. The second-order valence-electron chi connectivity index (χ2n) is 6.22. The van der Waals surface area contributed by atoms with Crippen LogP contribution in [0.25, 0.3) is 10.2 Å². The van der Waals surface area contributed by atoms with Crippen molar-refractivity contribution >= 4 is 67.5 Å². The zero-order valence-electron chi connectivity index (χ0n) is 15.3. The number of rotatable bonds is 5. The van der Waals surface area contributed by atoms with Crippen LogP contribution in [-0.2, 0) is 4.79 Å². The molecule has 1 aliphatic heterocycles. The number of benzene rings is 2. The number of carbonyl (C=O) groups is 1. The van der Waals surface area contributed by atoms with E-state index in [0.29, 0.717) is 5.75 Å². The molecule has 1 aliphatic rings. The molecule has 9 heteroatoms. The van der Waals surface area contributed by atoms with E-state index in [1.165, 1.54) is 11.3 Å². The predicted molar refractivity (Wildman–Crippen MR) is 122 cm³/mol. The average molecular weight is 458 g/mol. The van der Waals surface area contributed by atoms with Crippen molar-refractivity contribution in [1.29, 1.82) is 0 Å². The number of fused-ring (bicyclic) bond motifs is 1. The number of hydrogen-bond acceptors (Lipinski definition) is 8. The van der Waals surface area contributed by atoms with Crippen LogP contribution in [0, 0.1) is 0 Å². The van der Waals surface area contributed by atoms with E-state index in [1.807, 2.05) is 47.8 Å². The summed E-state index contributed by atoms with van der Waals surface area (Å²) in [4.78, 5) is 23.8. The number of nitrogens with zero attached hydrogens (tertiary/aromatic N) is 3. The van der Waals surface area contributed by atoms with Gasteiger partial charge in [-0.25, -0.2) is 9.97 Å². The number of thiazole rings is 2. The molecule has 0 N–H and O–H groups in total. The number of ether oxygens (including phenoxy) is 1. The summed E-state index contributed by atoms with van der Waals surface area (Å²) in [7, 11) is 1.65. The smallest absolute Gasteiger partial charge is 0.240 e. The van der Waals surface area contributed by atoms with E-state index in [9.17, 15) is 4.79 Å². The summed E-state index contributed by atoms with van der Waals surface area (Å²) in [5.74, 6) is 1.34. The maximum absolute atomic E-state index is 12.6. The molecular formula is C20H15N3O2S4. The van der Waals surface area contributed by atoms with E-state index in [0.717, 1.165) is 36.0 Å². The fourth-order valence-corrected chi connectivity index (χ4v) is 7.23. The average Bonchev–Trinajstić information content (AvgIpc) is 3.46. The lowest BCUT2D eigenvalue weighted by atomic mass is 10.2. The molecule has 2 aromatic heterocycles. The zero-order valence-corrected chi connectivity index (χ0v) is 18.5. The third-order valence-corrected chi connectivity index (χ3v) is 8.63. The molecule has 4 aromatic rings. The molecule has 5 rings (SSSR count). The van der Waals surface area contributed by atoms with Crippen LogP contribution in [0.2, 0.25) is 0 Å². The van der Waals surface area contributed by atoms with Crippen molar-refractivity contribution in [3.05, 3.63) is 59.5 Å². The van der Waals surface area contributed by atoms with Gasteiger partial charge in [-0.3, -0.25) is 9.69 Å². The van der Waals surface area contributed by atoms with Gasteiger partial charge in [-0.2, -0.15) is 0 Å². The first kappa shape index (κ1) is 18.9.